The Morgan fingerprint density at radius 2 is 1.75 bits per heavy atom. The number of hydrogen-bond donors (Lipinski definition) is 0. The Balaban J connectivity index is 2.55. The molecule has 3 atom stereocenters. The molecule has 0 aromatic heterocycles. The normalized spacial score (nSPS) is 25.8. The topological polar surface area (TPSA) is 3.24 Å². The third-order valence-electron chi connectivity index (χ3n) is 7.09. The fourth-order valence-corrected chi connectivity index (χ4v) is 5.33. The van der Waals surface area contributed by atoms with Gasteiger partial charge < -0.3 is 0 Å². The summed E-state index contributed by atoms with van der Waals surface area (Å²) in [7, 11) is 2.08. The molecule has 0 saturated heterocycles. The lowest BCUT2D eigenvalue weighted by molar-refractivity contribution is 0.0444. The van der Waals surface area contributed by atoms with Crippen LogP contribution in [-0.2, 0) is 0 Å². The minimum Gasteiger partial charge on any atom is -0.299 e. The lowest BCUT2D eigenvalue weighted by Crippen LogP contribution is -2.46. The summed E-state index contributed by atoms with van der Waals surface area (Å²) in [4.78, 5) is 2.27. The molecular weight excluding hydrogens is 385 g/mol. The van der Waals surface area contributed by atoms with Crippen molar-refractivity contribution < 1.29 is 5.48 Å². The van der Waals surface area contributed by atoms with Gasteiger partial charge in [-0.25, -0.2) is 0 Å². The van der Waals surface area contributed by atoms with Crippen LogP contribution in [0.2, 0.25) is 10.0 Å². The van der Waals surface area contributed by atoms with Crippen LogP contribution in [0.1, 0.15) is 78.5 Å². The molecule has 1 aliphatic carbocycles. The highest BCUT2D eigenvalue weighted by molar-refractivity contribution is 6.42. The number of benzene rings is 2. The first-order chi connectivity index (χ1) is 14.7. The van der Waals surface area contributed by atoms with Gasteiger partial charge in [-0.05, 0) is 85.1 Å². The van der Waals surface area contributed by atoms with Gasteiger partial charge in [0, 0.05) is 12.0 Å². The van der Waals surface area contributed by atoms with Crippen LogP contribution in [0, 0.1) is 32.1 Å². The highest BCUT2D eigenvalue weighted by atomic mass is 35.5. The molecule has 2 aromatic carbocycles. The molecule has 0 aliphatic heterocycles. The van der Waals surface area contributed by atoms with Crippen LogP contribution in [0.3, 0.4) is 0 Å². The summed E-state index contributed by atoms with van der Waals surface area (Å²) in [6, 6.07) is 0.317. The molecular formula is C25H33Cl2N. The van der Waals surface area contributed by atoms with E-state index in [-0.39, 0.29) is 52.5 Å². The number of halogens is 2. The highest BCUT2D eigenvalue weighted by Crippen LogP contribution is 2.58. The zero-order valence-electron chi connectivity index (χ0n) is 22.1. The van der Waals surface area contributed by atoms with Crippen molar-refractivity contribution in [3.8, 4) is 0 Å². The summed E-state index contributed by atoms with van der Waals surface area (Å²) in [5.41, 5.74) is 4.76. The molecule has 1 unspecified atom stereocenters. The van der Waals surface area contributed by atoms with Gasteiger partial charge in [0.1, 0.15) is 0 Å². The first-order valence-electron chi connectivity index (χ1n) is 12.0. The van der Waals surface area contributed by atoms with Crippen molar-refractivity contribution in [1.82, 2.24) is 4.90 Å². The van der Waals surface area contributed by atoms with Crippen molar-refractivity contribution >= 4 is 23.2 Å². The van der Waals surface area contributed by atoms with Gasteiger partial charge in [-0.3, -0.25) is 4.90 Å². The molecule has 0 spiro atoms. The van der Waals surface area contributed by atoms with E-state index >= 15 is 0 Å². The van der Waals surface area contributed by atoms with Gasteiger partial charge in [0.05, 0.1) is 15.5 Å². The van der Waals surface area contributed by atoms with E-state index in [4.69, 9.17) is 28.7 Å². The highest BCUT2D eigenvalue weighted by Gasteiger charge is 2.48. The minimum atomic E-state index is -0.293. The predicted octanol–water partition coefficient (Wildman–Crippen LogP) is 7.72. The van der Waals surface area contributed by atoms with Gasteiger partial charge in [0.2, 0.25) is 0 Å². The molecule has 2 aromatic rings. The summed E-state index contributed by atoms with van der Waals surface area (Å²) >= 11 is 12.9. The molecule has 0 amide bonds. The molecule has 1 aliphatic rings. The molecule has 152 valence electrons. The molecule has 3 heteroatoms. The van der Waals surface area contributed by atoms with E-state index in [1.165, 1.54) is 0 Å². The van der Waals surface area contributed by atoms with E-state index in [9.17, 15) is 0 Å². The molecule has 0 radical (unpaired) electrons. The van der Waals surface area contributed by atoms with E-state index in [1.807, 2.05) is 20.8 Å². The van der Waals surface area contributed by atoms with E-state index in [0.29, 0.717) is 5.02 Å². The zero-order valence-corrected chi connectivity index (χ0v) is 19.7. The van der Waals surface area contributed by atoms with Gasteiger partial charge in [-0.2, -0.15) is 0 Å². The van der Waals surface area contributed by atoms with E-state index in [0.717, 1.165) is 39.9 Å². The van der Waals surface area contributed by atoms with E-state index < -0.39 is 0 Å². The molecule has 28 heavy (non-hydrogen) atoms. The van der Waals surface area contributed by atoms with Crippen LogP contribution in [0.5, 0.6) is 0 Å². The average Bonchev–Trinajstić information content (AvgIpc) is 2.75. The summed E-state index contributed by atoms with van der Waals surface area (Å²) in [5.74, 6) is -0.244. The second kappa shape index (κ2) is 7.67. The lowest BCUT2D eigenvalue weighted by atomic mass is 9.57. The summed E-state index contributed by atoms with van der Waals surface area (Å²) in [6.45, 7) is 15.3. The van der Waals surface area contributed by atoms with Crippen molar-refractivity contribution in [1.29, 1.82) is 0 Å². The van der Waals surface area contributed by atoms with Crippen LogP contribution in [0.4, 0.5) is 0 Å². The van der Waals surface area contributed by atoms with Crippen molar-refractivity contribution in [2.45, 2.75) is 60.4 Å². The average molecular weight is 422 g/mol. The molecule has 0 heterocycles. The first kappa shape index (κ1) is 16.7. The first-order valence-corrected chi connectivity index (χ1v) is 10.7. The lowest BCUT2D eigenvalue weighted by Gasteiger charge is -2.53. The summed E-state index contributed by atoms with van der Waals surface area (Å²) < 4.78 is 34.9. The second-order valence-electron chi connectivity index (χ2n) is 8.81. The Morgan fingerprint density at radius 1 is 1.11 bits per heavy atom. The number of hydrogen-bond acceptors (Lipinski definition) is 1. The van der Waals surface area contributed by atoms with E-state index in [2.05, 4.69) is 39.6 Å². The molecule has 3 rings (SSSR count). The Labute approximate surface area is 186 Å². The minimum absolute atomic E-state index is 0.0130. The van der Waals surface area contributed by atoms with Crippen molar-refractivity contribution in [3.05, 3.63) is 67.6 Å². The predicted molar refractivity (Wildman–Crippen MR) is 123 cm³/mol. The Hall–Kier alpha value is -1.02. The summed E-state index contributed by atoms with van der Waals surface area (Å²) in [5, 5.41) is 0.630. The third kappa shape index (κ3) is 3.20. The zero-order chi connectivity index (χ0) is 24.4. The Bertz CT molecular complexity index is 1070. The standard InChI is InChI=1S/C25H33Cl2N/c1-9-28(8)24-21-14(2)11-10-12-18(21)22(17(5)25(24,6)7)19-13-20(26)23(27)16(4)15(19)3/h10-13,17,22,24H,9H2,1-8H3/t17?,22-,24-/m1/s1/i10D,11D,12D,13D. The van der Waals surface area contributed by atoms with Gasteiger partial charge in [-0.1, -0.05) is 69.0 Å². The van der Waals surface area contributed by atoms with Crippen molar-refractivity contribution in [3.63, 3.8) is 0 Å². The second-order valence-corrected chi connectivity index (χ2v) is 9.56. The van der Waals surface area contributed by atoms with Crippen LogP contribution >= 0.6 is 23.2 Å². The van der Waals surface area contributed by atoms with Gasteiger partial charge in [0.15, 0.2) is 0 Å². The van der Waals surface area contributed by atoms with Gasteiger partial charge in [0.25, 0.3) is 0 Å². The third-order valence-corrected chi connectivity index (χ3v) is 7.94. The SMILES string of the molecule is [2H]c1c([2H])c(C)c2c(c1[2H])[C@H](c1c([2H])c(Cl)c(Cl)c(C)c1C)C(C)C(C)(C)[C@@H]2N(C)CC. The monoisotopic (exact) mass is 421 g/mol. The van der Waals surface area contributed by atoms with Crippen molar-refractivity contribution in [2.24, 2.45) is 11.3 Å². The number of nitrogens with zero attached hydrogens (tertiary/aromatic N) is 1. The van der Waals surface area contributed by atoms with Gasteiger partial charge >= 0.3 is 0 Å². The maximum atomic E-state index is 8.94. The van der Waals surface area contributed by atoms with Crippen LogP contribution in [-0.4, -0.2) is 18.5 Å². The quantitative estimate of drug-likeness (QED) is 0.489. The van der Waals surface area contributed by atoms with Crippen LogP contribution in [0.25, 0.3) is 0 Å². The van der Waals surface area contributed by atoms with Crippen LogP contribution in [0.15, 0.2) is 24.2 Å². The largest absolute Gasteiger partial charge is 0.299 e. The molecule has 0 bridgehead atoms. The maximum absolute atomic E-state index is 8.94. The molecule has 0 N–H and O–H groups in total. The molecule has 0 fully saturated rings. The van der Waals surface area contributed by atoms with E-state index in [1.54, 1.807) is 0 Å². The number of rotatable bonds is 3. The summed E-state index contributed by atoms with van der Waals surface area (Å²) in [6.07, 6.45) is 0. The van der Waals surface area contributed by atoms with Crippen LogP contribution < -0.4 is 0 Å². The molecule has 0 saturated carbocycles. The maximum Gasteiger partial charge on any atom is 0.0642 e. The fourth-order valence-electron chi connectivity index (χ4n) is 4.90. The number of fused-ring (bicyclic) bond motifs is 1. The van der Waals surface area contributed by atoms with Gasteiger partial charge in [-0.15, -0.1) is 0 Å². The Kier molecular flexibility index (Phi) is 4.59. The fraction of sp³-hybridized carbons (Fsp3) is 0.520. The van der Waals surface area contributed by atoms with Crippen molar-refractivity contribution in [2.75, 3.05) is 13.6 Å². The molecule has 1 nitrogen and oxygen atoms in total. The smallest absolute Gasteiger partial charge is 0.0642 e. The Morgan fingerprint density at radius 3 is 2.36 bits per heavy atom.